The van der Waals surface area contributed by atoms with Crippen molar-refractivity contribution in [1.82, 2.24) is 0 Å². The maximum Gasteiger partial charge on any atom is 0.253 e. The van der Waals surface area contributed by atoms with Crippen molar-refractivity contribution in [3.63, 3.8) is 0 Å². The molecule has 62 valence electrons. The van der Waals surface area contributed by atoms with Crippen LogP contribution in [-0.2, 0) is 0 Å². The fourth-order valence-corrected chi connectivity index (χ4v) is 0.997. The van der Waals surface area contributed by atoms with Crippen LogP contribution in [0.5, 0.6) is 0 Å². The Morgan fingerprint density at radius 3 is 2.00 bits per heavy atom. The Labute approximate surface area is 73.6 Å². The Balaban J connectivity index is 3.27. The van der Waals surface area contributed by atoms with Gasteiger partial charge in [0.1, 0.15) is 0 Å². The summed E-state index contributed by atoms with van der Waals surface area (Å²) in [5, 5.41) is 9.61. The third-order valence-electron chi connectivity index (χ3n) is 1.36. The molecule has 0 heterocycles. The van der Waals surface area contributed by atoms with Crippen LogP contribution in [0.1, 0.15) is 20.7 Å². The van der Waals surface area contributed by atoms with Crippen LogP contribution in [-0.4, -0.2) is 11.2 Å². The van der Waals surface area contributed by atoms with Gasteiger partial charge in [-0.2, -0.15) is 0 Å². The zero-order chi connectivity index (χ0) is 9.14. The van der Waals surface area contributed by atoms with E-state index < -0.39 is 11.2 Å². The van der Waals surface area contributed by atoms with Crippen molar-refractivity contribution < 1.29 is 14.7 Å². The van der Waals surface area contributed by atoms with Gasteiger partial charge in [0.2, 0.25) is 0 Å². The highest BCUT2D eigenvalue weighted by Crippen LogP contribution is 2.10. The smallest absolute Gasteiger partial charge is 0.253 e. The molecule has 0 N–H and O–H groups in total. The minimum Gasteiger partial charge on any atom is -0.545 e. The van der Waals surface area contributed by atoms with E-state index in [2.05, 4.69) is 0 Å². The van der Waals surface area contributed by atoms with Gasteiger partial charge in [-0.25, -0.2) is 0 Å². The molecule has 0 atom stereocenters. The molecule has 0 saturated heterocycles. The zero-order valence-electron chi connectivity index (χ0n) is 5.91. The lowest BCUT2D eigenvalue weighted by Gasteiger charge is -2.04. The van der Waals surface area contributed by atoms with Crippen LogP contribution in [0.4, 0.5) is 0 Å². The summed E-state index contributed by atoms with van der Waals surface area (Å²) in [6.45, 7) is 0. The molecule has 1 rings (SSSR count). The number of carbonyl (C=O) groups is 2. The van der Waals surface area contributed by atoms with Crippen LogP contribution in [0.3, 0.4) is 0 Å². The van der Waals surface area contributed by atoms with Crippen molar-refractivity contribution in [2.75, 3.05) is 0 Å². The molecular weight excluding hydrogens is 180 g/mol. The van der Waals surface area contributed by atoms with Crippen molar-refractivity contribution in [3.8, 4) is 0 Å². The van der Waals surface area contributed by atoms with E-state index in [1.807, 2.05) is 0 Å². The van der Waals surface area contributed by atoms with E-state index in [0.29, 0.717) is 0 Å². The number of hydrogen-bond donors (Lipinski definition) is 0. The number of hydrogen-bond acceptors (Lipinski definition) is 3. The first kappa shape index (κ1) is 8.74. The molecule has 0 bridgehead atoms. The molecule has 0 aromatic heterocycles. The van der Waals surface area contributed by atoms with E-state index in [4.69, 9.17) is 11.6 Å². The molecule has 0 unspecified atom stereocenters. The number of carbonyl (C=O) groups excluding carboxylic acids is 2. The molecule has 0 aliphatic heterocycles. The van der Waals surface area contributed by atoms with Gasteiger partial charge in [-0.3, -0.25) is 4.79 Å². The van der Waals surface area contributed by atoms with Gasteiger partial charge in [-0.05, 0) is 17.7 Å². The topological polar surface area (TPSA) is 57.2 Å². The lowest BCUT2D eigenvalue weighted by atomic mass is 10.1. The second-order valence-electron chi connectivity index (χ2n) is 2.11. The highest BCUT2D eigenvalue weighted by atomic mass is 35.5. The number of aromatic carboxylic acids is 1. The van der Waals surface area contributed by atoms with Gasteiger partial charge in [0.05, 0.1) is 5.97 Å². The number of carboxylic acid groups (broad SMARTS) is 1. The first-order valence-corrected chi connectivity index (χ1v) is 3.51. The summed E-state index contributed by atoms with van der Waals surface area (Å²) in [4.78, 5) is 21.0. The summed E-state index contributed by atoms with van der Waals surface area (Å²) < 4.78 is 0. The van der Waals surface area contributed by atoms with Crippen molar-refractivity contribution in [2.45, 2.75) is 0 Å². The van der Waals surface area contributed by atoms with Crippen LogP contribution in [0, 0.1) is 0 Å². The molecule has 12 heavy (non-hydrogen) atoms. The summed E-state index contributed by atoms with van der Waals surface area (Å²) in [5.41, 5.74) is -0.225. The SMILES string of the molecule is O=C([O-])c1ccccc1C(=O)Cl. The monoisotopic (exact) mass is 183 g/mol. The van der Waals surface area contributed by atoms with E-state index in [1.165, 1.54) is 24.3 Å². The van der Waals surface area contributed by atoms with Gasteiger partial charge < -0.3 is 9.90 Å². The minimum absolute atomic E-state index is 0.0424. The summed E-state index contributed by atoms with van der Waals surface area (Å²) >= 11 is 5.12. The molecule has 0 fully saturated rings. The van der Waals surface area contributed by atoms with Gasteiger partial charge >= 0.3 is 0 Å². The largest absolute Gasteiger partial charge is 0.545 e. The second-order valence-corrected chi connectivity index (χ2v) is 2.45. The van der Waals surface area contributed by atoms with Crippen LogP contribution < -0.4 is 5.11 Å². The quantitative estimate of drug-likeness (QED) is 0.625. The predicted octanol–water partition coefficient (Wildman–Crippen LogP) is 0.429. The van der Waals surface area contributed by atoms with E-state index in [-0.39, 0.29) is 11.1 Å². The maximum atomic E-state index is 10.6. The van der Waals surface area contributed by atoms with E-state index in [9.17, 15) is 14.7 Å². The number of benzene rings is 1. The molecule has 0 amide bonds. The predicted molar refractivity (Wildman–Crippen MR) is 41.0 cm³/mol. The standard InChI is InChI=1S/C8H5ClO3/c9-7(10)5-3-1-2-4-6(5)8(11)12/h1-4H,(H,11,12)/p-1. The van der Waals surface area contributed by atoms with Crippen LogP contribution in [0.15, 0.2) is 24.3 Å². The average molecular weight is 184 g/mol. The molecule has 0 saturated carbocycles. The van der Waals surface area contributed by atoms with Gasteiger partial charge in [-0.1, -0.05) is 18.2 Å². The molecule has 0 radical (unpaired) electrons. The Morgan fingerprint density at radius 2 is 1.67 bits per heavy atom. The molecule has 4 heteroatoms. The summed E-state index contributed by atoms with van der Waals surface area (Å²) in [6, 6.07) is 5.63. The molecule has 1 aromatic carbocycles. The lowest BCUT2D eigenvalue weighted by molar-refractivity contribution is -0.255. The number of carboxylic acids is 1. The average Bonchev–Trinajstić information content (AvgIpc) is 2.04. The van der Waals surface area contributed by atoms with Crippen molar-refractivity contribution in [3.05, 3.63) is 35.4 Å². The van der Waals surface area contributed by atoms with E-state index in [1.54, 1.807) is 0 Å². The summed E-state index contributed by atoms with van der Waals surface area (Å²) in [6.07, 6.45) is 0. The molecule has 1 aromatic rings. The molecule has 0 spiro atoms. The fraction of sp³-hybridized carbons (Fsp3) is 0. The highest BCUT2D eigenvalue weighted by molar-refractivity contribution is 6.68. The second kappa shape index (κ2) is 3.36. The fourth-order valence-electron chi connectivity index (χ4n) is 0.833. The first-order chi connectivity index (χ1) is 5.63. The Kier molecular flexibility index (Phi) is 2.45. The molecule has 0 aliphatic carbocycles. The number of rotatable bonds is 2. The Bertz CT molecular complexity index is 300. The van der Waals surface area contributed by atoms with Crippen LogP contribution in [0.2, 0.25) is 0 Å². The Morgan fingerprint density at radius 1 is 1.17 bits per heavy atom. The van der Waals surface area contributed by atoms with Gasteiger partial charge in [-0.15, -0.1) is 0 Å². The molecule has 0 aliphatic rings. The number of halogens is 1. The van der Waals surface area contributed by atoms with E-state index in [0.717, 1.165) is 0 Å². The van der Waals surface area contributed by atoms with E-state index >= 15 is 0 Å². The van der Waals surface area contributed by atoms with Crippen molar-refractivity contribution in [2.24, 2.45) is 0 Å². The van der Waals surface area contributed by atoms with Crippen molar-refractivity contribution >= 4 is 22.8 Å². The van der Waals surface area contributed by atoms with Crippen LogP contribution >= 0.6 is 11.6 Å². The summed E-state index contributed by atoms with van der Waals surface area (Å²) in [5.74, 6) is -1.40. The normalized spacial score (nSPS) is 9.42. The summed E-state index contributed by atoms with van der Waals surface area (Å²) in [7, 11) is 0. The minimum atomic E-state index is -1.40. The first-order valence-electron chi connectivity index (χ1n) is 3.13. The third kappa shape index (κ3) is 1.62. The molecular formula is C8H4ClO3-. The molecule has 3 nitrogen and oxygen atoms in total. The lowest BCUT2D eigenvalue weighted by Crippen LogP contribution is -2.24. The maximum absolute atomic E-state index is 10.6. The highest BCUT2D eigenvalue weighted by Gasteiger charge is 2.07. The third-order valence-corrected chi connectivity index (χ3v) is 1.56. The van der Waals surface area contributed by atoms with Gasteiger partial charge in [0.15, 0.2) is 0 Å². The van der Waals surface area contributed by atoms with Crippen LogP contribution in [0.25, 0.3) is 0 Å². The van der Waals surface area contributed by atoms with Gasteiger partial charge in [0.25, 0.3) is 5.24 Å². The Hall–Kier alpha value is -1.35. The van der Waals surface area contributed by atoms with Crippen molar-refractivity contribution in [1.29, 1.82) is 0 Å². The zero-order valence-corrected chi connectivity index (χ0v) is 6.67. The van der Waals surface area contributed by atoms with Gasteiger partial charge in [0, 0.05) is 11.1 Å².